The number of hydrogen-bond donors (Lipinski definition) is 1. The summed E-state index contributed by atoms with van der Waals surface area (Å²) in [5, 5.41) is 2.80. The molecule has 1 aromatic carbocycles. The van der Waals surface area contributed by atoms with Gasteiger partial charge in [0.25, 0.3) is 5.91 Å². The molecule has 1 amide bonds. The van der Waals surface area contributed by atoms with E-state index in [4.69, 9.17) is 11.6 Å². The molecule has 7 heteroatoms. The van der Waals surface area contributed by atoms with Gasteiger partial charge in [0.2, 0.25) is 0 Å². The van der Waals surface area contributed by atoms with Crippen LogP contribution in [0.4, 0.5) is 8.78 Å². The number of benzene rings is 1. The molecule has 1 saturated heterocycles. The first-order valence-corrected chi connectivity index (χ1v) is 6.04. The first-order valence-electron chi connectivity index (χ1n) is 5.67. The summed E-state index contributed by atoms with van der Waals surface area (Å²) in [5.41, 5.74) is -0.273. The van der Waals surface area contributed by atoms with Gasteiger partial charge in [-0.1, -0.05) is 11.6 Å². The van der Waals surface area contributed by atoms with E-state index < -0.39 is 17.5 Å². The van der Waals surface area contributed by atoms with Crippen LogP contribution in [0.5, 0.6) is 0 Å². The van der Waals surface area contributed by atoms with Gasteiger partial charge in [0.05, 0.1) is 10.6 Å². The van der Waals surface area contributed by atoms with Gasteiger partial charge in [-0.05, 0) is 19.1 Å². The Kier molecular flexibility index (Phi) is 5.52. The van der Waals surface area contributed by atoms with E-state index in [1.807, 2.05) is 6.92 Å². The summed E-state index contributed by atoms with van der Waals surface area (Å²) in [5.74, 6) is -2.08. The standard InChI is InChI=1S/C12H13ClF2N2O.ClH/c1-7-6-16-2-3-17(7)12(18)8-4-11(15)9(13)5-10(8)14;/h4-5,7,16H,2-3,6H2,1H3;1H/t7-;/m1./s1. The first-order chi connectivity index (χ1) is 8.50. The topological polar surface area (TPSA) is 32.3 Å². The number of halogens is 4. The Morgan fingerprint density at radius 1 is 1.42 bits per heavy atom. The minimum Gasteiger partial charge on any atom is -0.333 e. The maximum Gasteiger partial charge on any atom is 0.257 e. The molecule has 19 heavy (non-hydrogen) atoms. The van der Waals surface area contributed by atoms with Gasteiger partial charge in [-0.3, -0.25) is 4.79 Å². The maximum atomic E-state index is 13.6. The number of nitrogens with one attached hydrogen (secondary N) is 1. The van der Waals surface area contributed by atoms with Crippen LogP contribution in [0.25, 0.3) is 0 Å². The van der Waals surface area contributed by atoms with Crippen LogP contribution >= 0.6 is 24.0 Å². The first kappa shape index (κ1) is 16.1. The second-order valence-corrected chi connectivity index (χ2v) is 4.71. The number of carbonyl (C=O) groups excluding carboxylic acids is 1. The largest absolute Gasteiger partial charge is 0.333 e. The highest BCUT2D eigenvalue weighted by Crippen LogP contribution is 2.21. The maximum absolute atomic E-state index is 13.6. The number of rotatable bonds is 1. The quantitative estimate of drug-likeness (QED) is 0.808. The lowest BCUT2D eigenvalue weighted by Crippen LogP contribution is -2.52. The van der Waals surface area contributed by atoms with Crippen molar-refractivity contribution in [3.8, 4) is 0 Å². The lowest BCUT2D eigenvalue weighted by molar-refractivity contribution is 0.0650. The van der Waals surface area contributed by atoms with Crippen molar-refractivity contribution >= 4 is 29.9 Å². The Morgan fingerprint density at radius 2 is 2.11 bits per heavy atom. The second-order valence-electron chi connectivity index (χ2n) is 4.30. The Morgan fingerprint density at radius 3 is 2.74 bits per heavy atom. The number of nitrogens with zero attached hydrogens (tertiary/aromatic N) is 1. The highest BCUT2D eigenvalue weighted by molar-refractivity contribution is 6.30. The van der Waals surface area contributed by atoms with Crippen LogP contribution in [0.3, 0.4) is 0 Å². The number of hydrogen-bond acceptors (Lipinski definition) is 2. The van der Waals surface area contributed by atoms with Gasteiger partial charge in [-0.25, -0.2) is 8.78 Å². The highest BCUT2D eigenvalue weighted by Gasteiger charge is 2.26. The minimum absolute atomic E-state index is 0. The zero-order chi connectivity index (χ0) is 13.3. The van der Waals surface area contributed by atoms with E-state index in [0.717, 1.165) is 12.1 Å². The Balaban J connectivity index is 0.00000180. The molecule has 0 aromatic heterocycles. The molecule has 2 rings (SSSR count). The zero-order valence-electron chi connectivity index (χ0n) is 10.3. The van der Waals surface area contributed by atoms with E-state index in [0.29, 0.717) is 19.6 Å². The van der Waals surface area contributed by atoms with Gasteiger partial charge >= 0.3 is 0 Å². The van der Waals surface area contributed by atoms with Gasteiger partial charge < -0.3 is 10.2 Å². The van der Waals surface area contributed by atoms with E-state index in [9.17, 15) is 13.6 Å². The van der Waals surface area contributed by atoms with Gasteiger partial charge in [0.1, 0.15) is 11.6 Å². The van der Waals surface area contributed by atoms with E-state index >= 15 is 0 Å². The van der Waals surface area contributed by atoms with Crippen LogP contribution in [0.2, 0.25) is 5.02 Å². The van der Waals surface area contributed by atoms with E-state index in [-0.39, 0.29) is 29.0 Å². The molecule has 106 valence electrons. The third-order valence-electron chi connectivity index (χ3n) is 3.00. The molecule has 0 radical (unpaired) electrons. The fraction of sp³-hybridized carbons (Fsp3) is 0.417. The van der Waals surface area contributed by atoms with E-state index in [1.165, 1.54) is 4.90 Å². The van der Waals surface area contributed by atoms with Crippen molar-refractivity contribution in [2.75, 3.05) is 19.6 Å². The van der Waals surface area contributed by atoms with Gasteiger partial charge in [-0.2, -0.15) is 0 Å². The van der Waals surface area contributed by atoms with Crippen molar-refractivity contribution in [2.45, 2.75) is 13.0 Å². The molecule has 0 aliphatic carbocycles. The SMILES string of the molecule is C[C@@H]1CNCCN1C(=O)c1cc(F)c(Cl)cc1F.Cl. The van der Waals surface area contributed by atoms with Crippen LogP contribution in [0.15, 0.2) is 12.1 Å². The summed E-state index contributed by atoms with van der Waals surface area (Å²) >= 11 is 5.46. The minimum atomic E-state index is -0.794. The van der Waals surface area contributed by atoms with Crippen molar-refractivity contribution in [1.29, 1.82) is 0 Å². The van der Waals surface area contributed by atoms with Crippen molar-refractivity contribution < 1.29 is 13.6 Å². The molecule has 1 aliphatic rings. The van der Waals surface area contributed by atoms with Crippen molar-refractivity contribution in [2.24, 2.45) is 0 Å². The number of piperazine rings is 1. The summed E-state index contributed by atoms with van der Waals surface area (Å²) in [6, 6.07) is 1.63. The van der Waals surface area contributed by atoms with Crippen molar-refractivity contribution in [3.05, 3.63) is 34.4 Å². The molecule has 0 spiro atoms. The van der Waals surface area contributed by atoms with Crippen molar-refractivity contribution in [3.63, 3.8) is 0 Å². The Labute approximate surface area is 121 Å². The van der Waals surface area contributed by atoms with E-state index in [2.05, 4.69) is 5.32 Å². The smallest absolute Gasteiger partial charge is 0.257 e. The van der Waals surface area contributed by atoms with Gasteiger partial charge in [0, 0.05) is 25.7 Å². The van der Waals surface area contributed by atoms with Gasteiger partial charge in [-0.15, -0.1) is 12.4 Å². The number of carbonyl (C=O) groups is 1. The fourth-order valence-electron chi connectivity index (χ4n) is 1.98. The Hall–Kier alpha value is -0.910. The molecule has 1 fully saturated rings. The van der Waals surface area contributed by atoms with Crippen LogP contribution in [-0.2, 0) is 0 Å². The lowest BCUT2D eigenvalue weighted by atomic mass is 10.1. The molecule has 1 heterocycles. The van der Waals surface area contributed by atoms with Crippen LogP contribution in [0, 0.1) is 11.6 Å². The predicted octanol–water partition coefficient (Wildman–Crippen LogP) is 2.47. The molecule has 0 bridgehead atoms. The average Bonchev–Trinajstić information content (AvgIpc) is 2.33. The fourth-order valence-corrected chi connectivity index (χ4v) is 2.13. The summed E-state index contributed by atoms with van der Waals surface area (Å²) in [6.07, 6.45) is 0. The molecule has 1 N–H and O–H groups in total. The van der Waals surface area contributed by atoms with Crippen LogP contribution in [0.1, 0.15) is 17.3 Å². The molecular formula is C12H14Cl2F2N2O. The third kappa shape index (κ3) is 3.35. The summed E-state index contributed by atoms with van der Waals surface area (Å²) in [6.45, 7) is 3.62. The van der Waals surface area contributed by atoms with Crippen LogP contribution in [-0.4, -0.2) is 36.5 Å². The molecule has 3 nitrogen and oxygen atoms in total. The molecular weight excluding hydrogens is 297 g/mol. The van der Waals surface area contributed by atoms with E-state index in [1.54, 1.807) is 0 Å². The molecule has 1 atom stereocenters. The van der Waals surface area contributed by atoms with Crippen molar-refractivity contribution in [1.82, 2.24) is 10.2 Å². The molecule has 0 unspecified atom stereocenters. The number of amides is 1. The zero-order valence-corrected chi connectivity index (χ0v) is 11.8. The normalized spacial score (nSPS) is 18.9. The van der Waals surface area contributed by atoms with Gasteiger partial charge in [0.15, 0.2) is 0 Å². The predicted molar refractivity (Wildman–Crippen MR) is 72.0 cm³/mol. The third-order valence-corrected chi connectivity index (χ3v) is 3.29. The Bertz CT molecular complexity index is 485. The second kappa shape index (κ2) is 6.50. The summed E-state index contributed by atoms with van der Waals surface area (Å²) < 4.78 is 27.0. The molecule has 1 aromatic rings. The van der Waals surface area contributed by atoms with Crippen LogP contribution < -0.4 is 5.32 Å². The summed E-state index contributed by atoms with van der Waals surface area (Å²) in [7, 11) is 0. The summed E-state index contributed by atoms with van der Waals surface area (Å²) in [4.78, 5) is 13.7. The monoisotopic (exact) mass is 310 g/mol. The lowest BCUT2D eigenvalue weighted by Gasteiger charge is -2.34. The molecule has 1 aliphatic heterocycles. The molecule has 0 saturated carbocycles. The highest BCUT2D eigenvalue weighted by atomic mass is 35.5. The average molecular weight is 311 g/mol.